The molecular formula is C26H22ClF3N2O5. The highest BCUT2D eigenvalue weighted by Crippen LogP contribution is 2.34. The molecule has 3 aromatic carbocycles. The molecule has 3 N–H and O–H groups in total. The molecule has 4 rings (SSSR count). The molecule has 0 aromatic heterocycles. The SMILES string of the molecule is O=C(Nc1ccc(N2CCC(c3ccccc3)C2)c(C(=O)O)c1)c1ccccc1Cl.O=C(O)C(F)(F)F. The first-order chi connectivity index (χ1) is 17.5. The molecule has 1 saturated heterocycles. The summed E-state index contributed by atoms with van der Waals surface area (Å²) in [7, 11) is 0. The first kappa shape index (κ1) is 27.5. The van der Waals surface area contributed by atoms with Gasteiger partial charge in [-0.05, 0) is 42.3 Å². The Kier molecular flexibility index (Phi) is 8.77. The van der Waals surface area contributed by atoms with Crippen molar-refractivity contribution >= 4 is 40.8 Å². The summed E-state index contributed by atoms with van der Waals surface area (Å²) in [6.45, 7) is 1.54. The molecule has 1 atom stereocenters. The summed E-state index contributed by atoms with van der Waals surface area (Å²) >= 11 is 6.08. The fraction of sp³-hybridized carbons (Fsp3) is 0.192. The van der Waals surface area contributed by atoms with Crippen LogP contribution >= 0.6 is 11.6 Å². The topological polar surface area (TPSA) is 107 Å². The van der Waals surface area contributed by atoms with E-state index in [0.717, 1.165) is 19.5 Å². The largest absolute Gasteiger partial charge is 0.490 e. The van der Waals surface area contributed by atoms with E-state index in [-0.39, 0.29) is 11.5 Å². The lowest BCUT2D eigenvalue weighted by atomic mass is 9.99. The molecule has 1 heterocycles. The molecule has 1 fully saturated rings. The number of aromatic carboxylic acids is 1. The fourth-order valence-electron chi connectivity index (χ4n) is 3.88. The van der Waals surface area contributed by atoms with Gasteiger partial charge in [0.1, 0.15) is 0 Å². The van der Waals surface area contributed by atoms with Gasteiger partial charge in [-0.15, -0.1) is 0 Å². The summed E-state index contributed by atoms with van der Waals surface area (Å²) in [5.41, 5.74) is 2.85. The van der Waals surface area contributed by atoms with Crippen molar-refractivity contribution in [3.63, 3.8) is 0 Å². The number of aliphatic carboxylic acids is 1. The number of hydrogen-bond donors (Lipinski definition) is 3. The van der Waals surface area contributed by atoms with Gasteiger partial charge < -0.3 is 20.4 Å². The van der Waals surface area contributed by atoms with Crippen LogP contribution in [0, 0.1) is 0 Å². The van der Waals surface area contributed by atoms with Crippen LogP contribution in [0.25, 0.3) is 0 Å². The van der Waals surface area contributed by atoms with Crippen molar-refractivity contribution in [2.24, 2.45) is 0 Å². The molecule has 1 amide bonds. The molecule has 1 aliphatic heterocycles. The third-order valence-corrected chi connectivity index (χ3v) is 5.98. The van der Waals surface area contributed by atoms with E-state index < -0.39 is 18.1 Å². The summed E-state index contributed by atoms with van der Waals surface area (Å²) < 4.78 is 31.7. The number of carbonyl (C=O) groups is 3. The summed E-state index contributed by atoms with van der Waals surface area (Å²) in [5, 5.41) is 20.0. The number of nitrogens with one attached hydrogen (secondary N) is 1. The Morgan fingerprint density at radius 2 is 1.54 bits per heavy atom. The molecule has 1 aliphatic rings. The standard InChI is InChI=1S/C24H21ClN2O3.C2HF3O2/c25-21-9-5-4-8-19(21)23(28)26-18-10-11-22(20(14-18)24(29)30)27-13-12-17(15-27)16-6-2-1-3-7-16;3-2(4,5)1(6)7/h1-11,14,17H,12-13,15H2,(H,26,28)(H,29,30);(H,6,7). The predicted octanol–water partition coefficient (Wildman–Crippen LogP) is 5.92. The average molecular weight is 535 g/mol. The van der Waals surface area contributed by atoms with E-state index in [1.54, 1.807) is 36.4 Å². The number of carboxylic acids is 2. The second kappa shape index (κ2) is 11.8. The van der Waals surface area contributed by atoms with Crippen molar-refractivity contribution in [1.82, 2.24) is 0 Å². The van der Waals surface area contributed by atoms with Gasteiger partial charge in [-0.3, -0.25) is 4.79 Å². The van der Waals surface area contributed by atoms with E-state index in [1.165, 1.54) is 11.6 Å². The van der Waals surface area contributed by atoms with Crippen molar-refractivity contribution in [2.45, 2.75) is 18.5 Å². The van der Waals surface area contributed by atoms with Crippen molar-refractivity contribution < 1.29 is 37.8 Å². The van der Waals surface area contributed by atoms with Crippen LogP contribution in [0.5, 0.6) is 0 Å². The summed E-state index contributed by atoms with van der Waals surface area (Å²) in [6, 6.07) is 22.0. The Morgan fingerprint density at radius 3 is 2.14 bits per heavy atom. The molecule has 194 valence electrons. The molecule has 3 aromatic rings. The van der Waals surface area contributed by atoms with E-state index in [0.29, 0.717) is 27.9 Å². The maximum Gasteiger partial charge on any atom is 0.490 e. The lowest BCUT2D eigenvalue weighted by Crippen LogP contribution is -2.22. The van der Waals surface area contributed by atoms with Gasteiger partial charge in [-0.1, -0.05) is 54.1 Å². The predicted molar refractivity (Wildman–Crippen MR) is 133 cm³/mol. The Labute approximate surface area is 215 Å². The van der Waals surface area contributed by atoms with Gasteiger partial charge in [-0.2, -0.15) is 13.2 Å². The van der Waals surface area contributed by atoms with Crippen LogP contribution in [-0.4, -0.2) is 47.3 Å². The third kappa shape index (κ3) is 7.23. The number of nitrogens with zero attached hydrogens (tertiary/aromatic N) is 1. The second-order valence-electron chi connectivity index (χ2n) is 8.12. The van der Waals surface area contributed by atoms with Crippen molar-refractivity contribution in [2.75, 3.05) is 23.3 Å². The van der Waals surface area contributed by atoms with Gasteiger partial charge in [0.15, 0.2) is 0 Å². The number of hydrogen-bond acceptors (Lipinski definition) is 4. The average Bonchev–Trinajstić information content (AvgIpc) is 3.35. The molecule has 11 heteroatoms. The molecule has 37 heavy (non-hydrogen) atoms. The third-order valence-electron chi connectivity index (χ3n) is 5.65. The van der Waals surface area contributed by atoms with Gasteiger partial charge in [-0.25, -0.2) is 9.59 Å². The molecule has 0 saturated carbocycles. The van der Waals surface area contributed by atoms with Gasteiger partial charge >= 0.3 is 18.1 Å². The van der Waals surface area contributed by atoms with Gasteiger partial charge in [0.05, 0.1) is 21.8 Å². The van der Waals surface area contributed by atoms with Gasteiger partial charge in [0.2, 0.25) is 0 Å². The number of rotatable bonds is 5. The number of amides is 1. The summed E-state index contributed by atoms with van der Waals surface area (Å²) in [4.78, 5) is 35.4. The Hall–Kier alpha value is -4.05. The lowest BCUT2D eigenvalue weighted by molar-refractivity contribution is -0.192. The minimum absolute atomic E-state index is 0.167. The Morgan fingerprint density at radius 1 is 0.919 bits per heavy atom. The zero-order valence-corrected chi connectivity index (χ0v) is 20.0. The summed E-state index contributed by atoms with van der Waals surface area (Å²) in [6.07, 6.45) is -4.12. The quantitative estimate of drug-likeness (QED) is 0.375. The van der Waals surface area contributed by atoms with Crippen LogP contribution in [0.1, 0.15) is 38.6 Å². The number of carbonyl (C=O) groups excluding carboxylic acids is 1. The van der Waals surface area contributed by atoms with Gasteiger partial charge in [0.25, 0.3) is 5.91 Å². The molecule has 1 unspecified atom stereocenters. The second-order valence-corrected chi connectivity index (χ2v) is 8.52. The maximum atomic E-state index is 12.5. The van der Waals surface area contributed by atoms with E-state index in [1.807, 2.05) is 18.2 Å². The zero-order chi connectivity index (χ0) is 27.2. The highest BCUT2D eigenvalue weighted by molar-refractivity contribution is 6.34. The van der Waals surface area contributed by atoms with Crippen molar-refractivity contribution in [3.05, 3.63) is 94.5 Å². The van der Waals surface area contributed by atoms with Crippen LogP contribution in [-0.2, 0) is 4.79 Å². The number of benzene rings is 3. The zero-order valence-electron chi connectivity index (χ0n) is 19.2. The van der Waals surface area contributed by atoms with Crippen LogP contribution in [0.15, 0.2) is 72.8 Å². The minimum atomic E-state index is -5.08. The summed E-state index contributed by atoms with van der Waals surface area (Å²) in [5.74, 6) is -3.79. The Balaban J connectivity index is 0.000000479. The highest BCUT2D eigenvalue weighted by Gasteiger charge is 2.38. The molecule has 0 spiro atoms. The van der Waals surface area contributed by atoms with E-state index in [2.05, 4.69) is 22.3 Å². The molecule has 7 nitrogen and oxygen atoms in total. The lowest BCUT2D eigenvalue weighted by Gasteiger charge is -2.21. The maximum absolute atomic E-state index is 12.5. The van der Waals surface area contributed by atoms with Crippen LogP contribution in [0.3, 0.4) is 0 Å². The van der Waals surface area contributed by atoms with Gasteiger partial charge in [0, 0.05) is 24.7 Å². The number of anilines is 2. The number of alkyl halides is 3. The van der Waals surface area contributed by atoms with Crippen molar-refractivity contribution in [3.8, 4) is 0 Å². The van der Waals surface area contributed by atoms with Crippen LogP contribution < -0.4 is 10.2 Å². The first-order valence-corrected chi connectivity index (χ1v) is 11.4. The van der Waals surface area contributed by atoms with E-state index in [9.17, 15) is 27.9 Å². The molecule has 0 aliphatic carbocycles. The number of carboxylic acid groups (broad SMARTS) is 2. The minimum Gasteiger partial charge on any atom is -0.478 e. The number of halogens is 4. The monoisotopic (exact) mass is 534 g/mol. The molecule has 0 radical (unpaired) electrons. The fourth-order valence-corrected chi connectivity index (χ4v) is 4.10. The normalized spacial score (nSPS) is 14.9. The first-order valence-electron chi connectivity index (χ1n) is 11.0. The highest BCUT2D eigenvalue weighted by atomic mass is 35.5. The molecule has 0 bridgehead atoms. The van der Waals surface area contributed by atoms with E-state index >= 15 is 0 Å². The van der Waals surface area contributed by atoms with Crippen LogP contribution in [0.4, 0.5) is 24.5 Å². The van der Waals surface area contributed by atoms with Crippen molar-refractivity contribution in [1.29, 1.82) is 0 Å². The van der Waals surface area contributed by atoms with Crippen LogP contribution in [0.2, 0.25) is 5.02 Å². The molecular weight excluding hydrogens is 513 g/mol. The Bertz CT molecular complexity index is 1280. The smallest absolute Gasteiger partial charge is 0.478 e. The van der Waals surface area contributed by atoms with E-state index in [4.69, 9.17) is 21.5 Å².